The van der Waals surface area contributed by atoms with E-state index >= 15 is 0 Å². The van der Waals surface area contributed by atoms with Crippen LogP contribution in [0.25, 0.3) is 10.8 Å². The average molecular weight is 366 g/mol. The van der Waals surface area contributed by atoms with E-state index in [4.69, 9.17) is 9.02 Å². The van der Waals surface area contributed by atoms with Gasteiger partial charge in [0, 0.05) is 5.56 Å². The molecule has 3 aromatic rings. The maximum absolute atomic E-state index is 12.4. The van der Waals surface area contributed by atoms with Crippen LogP contribution in [0.3, 0.4) is 0 Å². The van der Waals surface area contributed by atoms with Gasteiger partial charge < -0.3 is 4.74 Å². The normalized spacial score (nSPS) is 11.8. The van der Waals surface area contributed by atoms with Gasteiger partial charge in [0.05, 0.1) is 7.11 Å². The molecule has 0 spiro atoms. The molecule has 130 valence electrons. The monoisotopic (exact) mass is 366 g/mol. The van der Waals surface area contributed by atoms with E-state index in [0.717, 1.165) is 10.8 Å². The summed E-state index contributed by atoms with van der Waals surface area (Å²) in [5, 5.41) is 14.4. The molecule has 0 bridgehead atoms. The Morgan fingerprint density at radius 1 is 1.00 bits per heavy atom. The first-order valence-electron chi connectivity index (χ1n) is 7.58. The molecule has 0 atom stereocenters. The average Bonchev–Trinajstić information content (AvgIpc) is 2.68. The fourth-order valence-electron chi connectivity index (χ4n) is 2.34. The summed E-state index contributed by atoms with van der Waals surface area (Å²) < 4.78 is 34.5. The van der Waals surface area contributed by atoms with Gasteiger partial charge in [-0.1, -0.05) is 35.5 Å². The van der Waals surface area contributed by atoms with Crippen molar-refractivity contribution < 1.29 is 17.4 Å². The second-order valence-electron chi connectivity index (χ2n) is 5.32. The lowest BCUT2D eigenvalue weighted by Gasteiger charge is -2.05. The van der Waals surface area contributed by atoms with Crippen molar-refractivity contribution in [3.8, 4) is 11.8 Å². The van der Waals surface area contributed by atoms with Crippen LogP contribution < -0.4 is 4.74 Å². The Morgan fingerprint density at radius 3 is 2.35 bits per heavy atom. The molecule has 0 unspecified atom stereocenters. The van der Waals surface area contributed by atoms with Crippen molar-refractivity contribution in [1.82, 2.24) is 0 Å². The topological polar surface area (TPSA) is 88.8 Å². The smallest absolute Gasteiger partial charge is 0.358 e. The summed E-state index contributed by atoms with van der Waals surface area (Å²) in [6.45, 7) is 0. The molecule has 0 amide bonds. The number of nitrogens with zero attached hydrogens (tertiary/aromatic N) is 2. The number of ether oxygens (including phenoxy) is 1. The van der Waals surface area contributed by atoms with Gasteiger partial charge in [-0.2, -0.15) is 13.7 Å². The van der Waals surface area contributed by atoms with E-state index in [1.54, 1.807) is 36.4 Å². The molecular weight excluding hydrogens is 352 g/mol. The lowest BCUT2D eigenvalue weighted by molar-refractivity contribution is 0.339. The van der Waals surface area contributed by atoms with Crippen LogP contribution in [0.4, 0.5) is 0 Å². The van der Waals surface area contributed by atoms with Crippen LogP contribution in [0.1, 0.15) is 5.56 Å². The van der Waals surface area contributed by atoms with Crippen molar-refractivity contribution in [3.63, 3.8) is 0 Å². The maximum atomic E-state index is 12.4. The Labute approximate surface area is 151 Å². The first kappa shape index (κ1) is 17.5. The fraction of sp³-hybridized carbons (Fsp3) is 0.0526. The van der Waals surface area contributed by atoms with E-state index in [-0.39, 0.29) is 10.6 Å². The Bertz CT molecular complexity index is 1110. The molecule has 0 heterocycles. The molecule has 0 fully saturated rings. The van der Waals surface area contributed by atoms with Gasteiger partial charge >= 0.3 is 10.1 Å². The van der Waals surface area contributed by atoms with Gasteiger partial charge in [-0.05, 0) is 47.2 Å². The highest BCUT2D eigenvalue weighted by Crippen LogP contribution is 2.21. The summed E-state index contributed by atoms with van der Waals surface area (Å²) in [5.74, 6) is 0.607. The summed E-state index contributed by atoms with van der Waals surface area (Å²) in [6.07, 6.45) is 0. The zero-order valence-electron chi connectivity index (χ0n) is 13.8. The number of methoxy groups -OCH3 is 1. The van der Waals surface area contributed by atoms with E-state index in [2.05, 4.69) is 5.16 Å². The van der Waals surface area contributed by atoms with Gasteiger partial charge in [0.25, 0.3) is 0 Å². The van der Waals surface area contributed by atoms with E-state index < -0.39 is 10.1 Å². The van der Waals surface area contributed by atoms with E-state index in [9.17, 15) is 13.7 Å². The molecule has 26 heavy (non-hydrogen) atoms. The predicted molar refractivity (Wildman–Crippen MR) is 97.4 cm³/mol. The first-order chi connectivity index (χ1) is 12.5. The molecule has 3 aromatic carbocycles. The summed E-state index contributed by atoms with van der Waals surface area (Å²) in [7, 11) is -2.62. The van der Waals surface area contributed by atoms with E-state index in [1.807, 2.05) is 24.3 Å². The summed E-state index contributed by atoms with van der Waals surface area (Å²) in [5.41, 5.74) is 0.263. The van der Waals surface area contributed by atoms with E-state index in [0.29, 0.717) is 11.3 Å². The van der Waals surface area contributed by atoms with Gasteiger partial charge in [0.1, 0.15) is 16.7 Å². The van der Waals surface area contributed by atoms with Gasteiger partial charge in [-0.3, -0.25) is 4.28 Å². The standard InChI is InChI=1S/C19H14N2O4S/c1-24-17-9-6-15(7-10-17)19(13-20)21-25-26(22,23)18-11-8-14-4-2-3-5-16(14)12-18/h2-12H,1H3. The number of rotatable bonds is 5. The summed E-state index contributed by atoms with van der Waals surface area (Å²) in [4.78, 5) is -0.0352. The second kappa shape index (κ2) is 7.25. The second-order valence-corrected chi connectivity index (χ2v) is 6.85. The third-order valence-corrected chi connectivity index (χ3v) is 4.81. The SMILES string of the molecule is COc1ccc(C(C#N)=NOS(=O)(=O)c2ccc3ccccc3c2)cc1. The van der Waals surface area contributed by atoms with Crippen LogP contribution in [0, 0.1) is 11.3 Å². The van der Waals surface area contributed by atoms with E-state index in [1.165, 1.54) is 19.2 Å². The highest BCUT2D eigenvalue weighted by Gasteiger charge is 2.17. The minimum Gasteiger partial charge on any atom is -0.497 e. The van der Waals surface area contributed by atoms with Crippen molar-refractivity contribution in [3.05, 3.63) is 72.3 Å². The van der Waals surface area contributed by atoms with Crippen molar-refractivity contribution in [2.24, 2.45) is 5.16 Å². The Morgan fingerprint density at radius 2 is 1.69 bits per heavy atom. The quantitative estimate of drug-likeness (QED) is 0.509. The molecule has 0 N–H and O–H groups in total. The predicted octanol–water partition coefficient (Wildman–Crippen LogP) is 3.48. The Hall–Kier alpha value is -3.37. The van der Waals surface area contributed by atoms with Crippen LogP contribution in [0.15, 0.2) is 76.8 Å². The van der Waals surface area contributed by atoms with Gasteiger partial charge in [0.2, 0.25) is 0 Å². The van der Waals surface area contributed by atoms with Crippen LogP contribution in [0.5, 0.6) is 5.75 Å². The van der Waals surface area contributed by atoms with Crippen LogP contribution in [-0.4, -0.2) is 21.2 Å². The zero-order chi connectivity index (χ0) is 18.6. The third kappa shape index (κ3) is 3.66. The van der Waals surface area contributed by atoms with Crippen molar-refractivity contribution in [2.75, 3.05) is 7.11 Å². The number of nitriles is 1. The van der Waals surface area contributed by atoms with Crippen LogP contribution in [0.2, 0.25) is 0 Å². The number of benzene rings is 3. The van der Waals surface area contributed by atoms with Gasteiger partial charge in [-0.15, -0.1) is 0 Å². The molecule has 0 aromatic heterocycles. The molecule has 6 nitrogen and oxygen atoms in total. The minimum absolute atomic E-state index is 0.0352. The Kier molecular flexibility index (Phi) is 4.87. The van der Waals surface area contributed by atoms with Gasteiger partial charge in [0.15, 0.2) is 5.71 Å². The first-order valence-corrected chi connectivity index (χ1v) is 8.99. The van der Waals surface area contributed by atoms with Gasteiger partial charge in [-0.25, -0.2) is 0 Å². The number of hydrogen-bond donors (Lipinski definition) is 0. The molecule has 7 heteroatoms. The van der Waals surface area contributed by atoms with Crippen LogP contribution >= 0.6 is 0 Å². The zero-order valence-corrected chi connectivity index (χ0v) is 14.6. The van der Waals surface area contributed by atoms with Crippen molar-refractivity contribution in [2.45, 2.75) is 4.90 Å². The highest BCUT2D eigenvalue weighted by atomic mass is 32.2. The molecular formula is C19H14N2O4S. The largest absolute Gasteiger partial charge is 0.497 e. The molecule has 0 saturated heterocycles. The summed E-state index contributed by atoms with van der Waals surface area (Å²) >= 11 is 0. The number of oxime groups is 1. The molecule has 3 rings (SSSR count). The minimum atomic E-state index is -4.14. The van der Waals surface area contributed by atoms with Crippen molar-refractivity contribution >= 4 is 26.6 Å². The number of fused-ring (bicyclic) bond motifs is 1. The fourth-order valence-corrected chi connectivity index (χ4v) is 3.10. The Balaban J connectivity index is 1.89. The van der Waals surface area contributed by atoms with Crippen LogP contribution in [-0.2, 0) is 14.4 Å². The summed E-state index contributed by atoms with van der Waals surface area (Å²) in [6, 6.07) is 20.3. The lowest BCUT2D eigenvalue weighted by atomic mass is 10.1. The highest BCUT2D eigenvalue weighted by molar-refractivity contribution is 7.86. The molecule has 0 aliphatic carbocycles. The molecule has 0 aliphatic rings. The van der Waals surface area contributed by atoms with Crippen molar-refractivity contribution in [1.29, 1.82) is 5.26 Å². The molecule has 0 radical (unpaired) electrons. The number of hydrogen-bond acceptors (Lipinski definition) is 6. The lowest BCUT2D eigenvalue weighted by Crippen LogP contribution is -2.06. The third-order valence-electron chi connectivity index (χ3n) is 3.71. The molecule has 0 saturated carbocycles. The molecule has 0 aliphatic heterocycles. The maximum Gasteiger partial charge on any atom is 0.358 e.